The lowest BCUT2D eigenvalue weighted by atomic mass is 10.1. The second kappa shape index (κ2) is 15.8. The highest BCUT2D eigenvalue weighted by Gasteiger charge is 2.62. The van der Waals surface area contributed by atoms with E-state index < -0.39 is 90.6 Å². The molecule has 4 atom stereocenters. The maximum absolute atomic E-state index is 14.0. The summed E-state index contributed by atoms with van der Waals surface area (Å²) in [5.74, 6) is -2.00. The molecule has 3 heterocycles. The van der Waals surface area contributed by atoms with E-state index >= 15 is 0 Å². The van der Waals surface area contributed by atoms with Crippen LogP contribution in [0.25, 0.3) is 0 Å². The van der Waals surface area contributed by atoms with Crippen molar-refractivity contribution in [1.82, 2.24) is 9.13 Å². The van der Waals surface area contributed by atoms with Gasteiger partial charge in [0.1, 0.15) is 18.3 Å². The monoisotopic (exact) mass is 744 g/mol. The highest BCUT2D eigenvalue weighted by atomic mass is 28.5. The highest BCUT2D eigenvalue weighted by Crippen LogP contribution is 2.48. The number of carbonyl (C=O) groups is 2. The second-order valence-corrected chi connectivity index (χ2v) is 22.7. The van der Waals surface area contributed by atoms with Crippen LogP contribution in [-0.4, -0.2) is 82.4 Å². The van der Waals surface area contributed by atoms with Gasteiger partial charge in [0, 0.05) is 17.8 Å². The summed E-state index contributed by atoms with van der Waals surface area (Å²) in [7, 11) is -6.27. The van der Waals surface area contributed by atoms with Gasteiger partial charge in [-0.3, -0.25) is 19.0 Å². The van der Waals surface area contributed by atoms with Gasteiger partial charge in [0.25, 0.3) is 11.5 Å². The molecule has 1 unspecified atom stereocenters. The van der Waals surface area contributed by atoms with Gasteiger partial charge in [-0.25, -0.2) is 4.79 Å². The fourth-order valence-corrected chi connectivity index (χ4v) is 17.8. The summed E-state index contributed by atoms with van der Waals surface area (Å²) < 4.78 is 77.7. The Morgan fingerprint density at radius 2 is 1.52 bits per heavy atom. The smallest absolute Gasteiger partial charge is 0.422 e. The van der Waals surface area contributed by atoms with Gasteiger partial charge in [0.05, 0.1) is 19.6 Å². The largest absolute Gasteiger partial charge is 0.456 e. The van der Waals surface area contributed by atoms with Gasteiger partial charge in [0.2, 0.25) is 0 Å². The Hall–Kier alpha value is -2.94. The molecule has 2 aliphatic rings. The van der Waals surface area contributed by atoms with Gasteiger partial charge in [0.15, 0.2) is 12.8 Å². The van der Waals surface area contributed by atoms with E-state index in [1.165, 1.54) is 18.3 Å². The second-order valence-electron chi connectivity index (χ2n) is 13.8. The van der Waals surface area contributed by atoms with Gasteiger partial charge >= 0.3 is 35.0 Å². The minimum atomic E-state index is -4.70. The fourth-order valence-electron chi connectivity index (χ4n) is 6.62. The number of hydrogen-bond donors (Lipinski definition) is 0. The van der Waals surface area contributed by atoms with Crippen LogP contribution in [0.2, 0.25) is 22.2 Å². The summed E-state index contributed by atoms with van der Waals surface area (Å²) in [6, 6.07) is 8.86. The Bertz CT molecular complexity index is 1600. The van der Waals surface area contributed by atoms with Crippen LogP contribution in [0.1, 0.15) is 78.4 Å². The number of ether oxygens (including phenoxy) is 3. The standard InChI is InChI=1S/C33H47F3N2O10Si2/c1-20(2)49(21(3)4)45-18-25-28(47-50(48-49,22(5)6)23(7)8)29(43-17-15-27(40)44-19-33(34,35)36)31(46-25)37-16-14-26(39)38(32(37)42)30(41)24-12-10-9-11-13-24/h9-14,16,20-23,25,28-29,31H,15,17-19H2,1-8H3/t25-,28-,29?,31+/m0/s1. The molecule has 12 nitrogen and oxygen atoms in total. The number of esters is 1. The summed E-state index contributed by atoms with van der Waals surface area (Å²) in [6.45, 7) is 14.1. The summed E-state index contributed by atoms with van der Waals surface area (Å²) in [4.78, 5) is 52.5. The summed E-state index contributed by atoms with van der Waals surface area (Å²) in [5.41, 5.74) is -1.92. The predicted molar refractivity (Wildman–Crippen MR) is 180 cm³/mol. The minimum Gasteiger partial charge on any atom is -0.456 e. The summed E-state index contributed by atoms with van der Waals surface area (Å²) in [5, 5.41) is 0. The topological polar surface area (TPSA) is 134 Å². The van der Waals surface area contributed by atoms with Crippen LogP contribution in [0.15, 0.2) is 52.2 Å². The lowest BCUT2D eigenvalue weighted by Gasteiger charge is -2.51. The zero-order chi connectivity index (χ0) is 37.2. The third kappa shape index (κ3) is 8.24. The molecule has 0 spiro atoms. The van der Waals surface area contributed by atoms with Gasteiger partial charge < -0.3 is 27.2 Å². The number of nitrogens with zero attached hydrogens (tertiary/aromatic N) is 2. The Morgan fingerprint density at radius 1 is 0.920 bits per heavy atom. The zero-order valence-electron chi connectivity index (χ0n) is 29.6. The molecule has 2 aromatic rings. The van der Waals surface area contributed by atoms with E-state index in [2.05, 4.69) is 32.4 Å². The van der Waals surface area contributed by atoms with Crippen LogP contribution in [0.4, 0.5) is 13.2 Å². The number of halogens is 3. The first kappa shape index (κ1) is 39.8. The molecule has 0 aliphatic carbocycles. The molecule has 2 saturated heterocycles. The molecule has 50 heavy (non-hydrogen) atoms. The number of benzene rings is 1. The number of aromatic nitrogens is 2. The van der Waals surface area contributed by atoms with Crippen LogP contribution in [-0.2, 0) is 32.0 Å². The molecule has 17 heteroatoms. The van der Waals surface area contributed by atoms with Crippen LogP contribution < -0.4 is 11.2 Å². The molecule has 0 radical (unpaired) electrons. The molecular weight excluding hydrogens is 698 g/mol. The van der Waals surface area contributed by atoms with E-state index in [0.717, 1.165) is 10.6 Å². The van der Waals surface area contributed by atoms with Gasteiger partial charge in [-0.1, -0.05) is 73.6 Å². The normalized spacial score (nSPS) is 23.6. The van der Waals surface area contributed by atoms with E-state index in [0.29, 0.717) is 4.57 Å². The molecule has 2 fully saturated rings. The van der Waals surface area contributed by atoms with Crippen molar-refractivity contribution in [2.45, 2.75) is 115 Å². The maximum Gasteiger partial charge on any atom is 0.422 e. The number of carbonyl (C=O) groups excluding carboxylic acids is 2. The van der Waals surface area contributed by atoms with Crippen LogP contribution in [0, 0.1) is 0 Å². The molecule has 4 rings (SSSR count). The minimum absolute atomic E-state index is 0.00472. The van der Waals surface area contributed by atoms with E-state index in [4.69, 9.17) is 22.4 Å². The van der Waals surface area contributed by atoms with Gasteiger partial charge in [-0.05, 0) is 34.3 Å². The van der Waals surface area contributed by atoms with E-state index in [1.54, 1.807) is 18.2 Å². The average molecular weight is 745 g/mol. The summed E-state index contributed by atoms with van der Waals surface area (Å²) >= 11 is 0. The zero-order valence-corrected chi connectivity index (χ0v) is 31.6. The average Bonchev–Trinajstić information content (AvgIpc) is 3.35. The van der Waals surface area contributed by atoms with Crippen LogP contribution >= 0.6 is 0 Å². The van der Waals surface area contributed by atoms with Crippen molar-refractivity contribution in [2.75, 3.05) is 19.8 Å². The maximum atomic E-state index is 14.0. The van der Waals surface area contributed by atoms with Crippen LogP contribution in [0.5, 0.6) is 0 Å². The van der Waals surface area contributed by atoms with E-state index in [9.17, 15) is 32.3 Å². The summed E-state index contributed by atoms with van der Waals surface area (Å²) in [6.07, 6.45) is -8.29. The molecule has 0 saturated carbocycles. The van der Waals surface area contributed by atoms with E-state index in [-0.39, 0.29) is 34.3 Å². The van der Waals surface area contributed by atoms with Crippen molar-refractivity contribution in [3.05, 3.63) is 69.0 Å². The van der Waals surface area contributed by atoms with Crippen molar-refractivity contribution in [2.24, 2.45) is 0 Å². The first-order valence-electron chi connectivity index (χ1n) is 16.8. The number of rotatable bonds is 11. The number of fused-ring (bicyclic) bond motifs is 1. The first-order valence-corrected chi connectivity index (χ1v) is 20.7. The van der Waals surface area contributed by atoms with Crippen molar-refractivity contribution < 1.29 is 49.9 Å². The van der Waals surface area contributed by atoms with Crippen molar-refractivity contribution in [3.8, 4) is 0 Å². The lowest BCUT2D eigenvalue weighted by molar-refractivity contribution is -0.187. The van der Waals surface area contributed by atoms with Gasteiger partial charge in [-0.2, -0.15) is 17.7 Å². The molecule has 278 valence electrons. The molecule has 1 aromatic carbocycles. The number of hydrogen-bond acceptors (Lipinski definition) is 10. The van der Waals surface area contributed by atoms with E-state index in [1.807, 2.05) is 27.7 Å². The van der Waals surface area contributed by atoms with Crippen molar-refractivity contribution in [1.29, 1.82) is 0 Å². The molecular formula is C33H47F3N2O10Si2. The Balaban J connectivity index is 1.80. The Morgan fingerprint density at radius 3 is 2.08 bits per heavy atom. The lowest BCUT2D eigenvalue weighted by Crippen LogP contribution is -2.66. The Kier molecular flexibility index (Phi) is 12.6. The molecule has 0 bridgehead atoms. The third-order valence-corrected chi connectivity index (χ3v) is 19.4. The molecule has 1 aromatic heterocycles. The number of alkyl halides is 3. The van der Waals surface area contributed by atoms with Crippen molar-refractivity contribution in [3.63, 3.8) is 0 Å². The van der Waals surface area contributed by atoms with Crippen LogP contribution in [0.3, 0.4) is 0 Å². The van der Waals surface area contributed by atoms with Crippen molar-refractivity contribution >= 4 is 29.0 Å². The molecule has 2 aliphatic heterocycles. The third-order valence-electron chi connectivity index (χ3n) is 9.14. The predicted octanol–water partition coefficient (Wildman–Crippen LogP) is 5.43. The fraction of sp³-hybridized carbons (Fsp3) is 0.636. The highest BCUT2D eigenvalue weighted by molar-refractivity contribution is 6.84. The molecule has 0 N–H and O–H groups in total. The first-order chi connectivity index (χ1) is 23.3. The quantitative estimate of drug-likeness (QED) is 0.217. The Labute approximate surface area is 291 Å². The molecule has 0 amide bonds. The SMILES string of the molecule is CC(C)[Si]1(C(C)C)OC[C@@H]2O[C@@H](n3ccc(=O)n(C(=O)c4ccccc4)c3=O)C(OCCC(=O)OCC(F)(F)F)[C@H]2O[Si](C(C)C)(C(C)C)O1. The van der Waals surface area contributed by atoms with Gasteiger partial charge in [-0.15, -0.1) is 0 Å².